The topological polar surface area (TPSA) is 46.0 Å². The van der Waals surface area contributed by atoms with Gasteiger partial charge in [0.25, 0.3) is 0 Å². The smallest absolute Gasteiger partial charge is 0.174 e. The number of hydrogen-bond donors (Lipinski definition) is 1. The maximum absolute atomic E-state index is 13.7. The lowest BCUT2D eigenvalue weighted by Gasteiger charge is -2.28. The Morgan fingerprint density at radius 1 is 0.969 bits per heavy atom. The standard InChI is InChI=1S/C25H22FN5S/c1-16-14-21(17(2)30(16)20-6-5-12-27-15-20)24-23(22-7-3-4-13-28-22)29-25(32)31(24)19-10-8-18(26)9-11-19/h3-15,23-24H,1-2H3,(H,29,32)/t23-,24-/m1/s1. The second-order valence-electron chi connectivity index (χ2n) is 7.85. The van der Waals surface area contributed by atoms with Gasteiger partial charge in [0.05, 0.1) is 29.7 Å². The number of rotatable bonds is 4. The van der Waals surface area contributed by atoms with Gasteiger partial charge in [0.2, 0.25) is 0 Å². The number of nitrogens with one attached hydrogen (secondary N) is 1. The summed E-state index contributed by atoms with van der Waals surface area (Å²) in [5.41, 5.74) is 6.06. The van der Waals surface area contributed by atoms with Crippen LogP contribution in [0.4, 0.5) is 10.1 Å². The molecule has 7 heteroatoms. The Morgan fingerprint density at radius 2 is 1.78 bits per heavy atom. The highest BCUT2D eigenvalue weighted by atomic mass is 32.1. The molecule has 5 rings (SSSR count). The van der Waals surface area contributed by atoms with Gasteiger partial charge in [-0.1, -0.05) is 6.07 Å². The highest BCUT2D eigenvalue weighted by Gasteiger charge is 2.42. The molecule has 2 atom stereocenters. The van der Waals surface area contributed by atoms with E-state index in [2.05, 4.69) is 44.7 Å². The van der Waals surface area contributed by atoms with Gasteiger partial charge in [0.15, 0.2) is 5.11 Å². The van der Waals surface area contributed by atoms with E-state index in [-0.39, 0.29) is 17.9 Å². The van der Waals surface area contributed by atoms with Gasteiger partial charge in [-0.05, 0) is 86.2 Å². The molecule has 5 nitrogen and oxygen atoms in total. The molecule has 4 aromatic rings. The van der Waals surface area contributed by atoms with Crippen LogP contribution in [0.5, 0.6) is 0 Å². The SMILES string of the molecule is Cc1cc([C@@H]2[C@@H](c3ccccn3)NC(=S)N2c2ccc(F)cc2)c(C)n1-c1cccnc1. The molecule has 160 valence electrons. The van der Waals surface area contributed by atoms with Crippen molar-refractivity contribution in [1.82, 2.24) is 19.9 Å². The Balaban J connectivity index is 1.68. The molecule has 0 saturated carbocycles. The first-order valence-corrected chi connectivity index (χ1v) is 10.8. The number of nitrogens with zero attached hydrogens (tertiary/aromatic N) is 4. The maximum Gasteiger partial charge on any atom is 0.174 e. The zero-order chi connectivity index (χ0) is 22.2. The van der Waals surface area contributed by atoms with E-state index in [0.29, 0.717) is 5.11 Å². The molecule has 0 amide bonds. The van der Waals surface area contributed by atoms with Crippen LogP contribution in [0.1, 0.15) is 34.7 Å². The molecule has 0 unspecified atom stereocenters. The van der Waals surface area contributed by atoms with E-state index in [1.165, 1.54) is 12.1 Å². The molecular weight excluding hydrogens is 421 g/mol. The Bertz CT molecular complexity index is 1260. The van der Waals surface area contributed by atoms with Gasteiger partial charge in [-0.3, -0.25) is 9.97 Å². The first kappa shape index (κ1) is 20.3. The molecule has 4 heterocycles. The highest BCUT2D eigenvalue weighted by Crippen LogP contribution is 2.43. The number of hydrogen-bond acceptors (Lipinski definition) is 3. The minimum absolute atomic E-state index is 0.153. The number of anilines is 1. The van der Waals surface area contributed by atoms with Crippen LogP contribution in [0.25, 0.3) is 5.69 Å². The number of aromatic nitrogens is 3. The summed E-state index contributed by atoms with van der Waals surface area (Å²) in [5, 5.41) is 4.04. The van der Waals surface area contributed by atoms with E-state index in [1.54, 1.807) is 24.5 Å². The van der Waals surface area contributed by atoms with E-state index in [1.807, 2.05) is 36.5 Å². The molecule has 1 saturated heterocycles. The summed E-state index contributed by atoms with van der Waals surface area (Å²) in [7, 11) is 0. The normalized spacial score (nSPS) is 18.1. The molecule has 3 aromatic heterocycles. The van der Waals surface area contributed by atoms with Crippen LogP contribution < -0.4 is 10.2 Å². The van der Waals surface area contributed by atoms with E-state index < -0.39 is 0 Å². The van der Waals surface area contributed by atoms with Crippen LogP contribution in [-0.4, -0.2) is 19.6 Å². The van der Waals surface area contributed by atoms with Crippen molar-refractivity contribution >= 4 is 23.0 Å². The molecular formula is C25H22FN5S. The number of halogens is 1. The largest absolute Gasteiger partial charge is 0.351 e. The van der Waals surface area contributed by atoms with Crippen LogP contribution in [0.3, 0.4) is 0 Å². The zero-order valence-electron chi connectivity index (χ0n) is 17.7. The van der Waals surface area contributed by atoms with E-state index in [9.17, 15) is 4.39 Å². The lowest BCUT2D eigenvalue weighted by atomic mass is 9.96. The zero-order valence-corrected chi connectivity index (χ0v) is 18.6. The number of thiocarbonyl (C=S) groups is 1. The predicted molar refractivity (Wildman–Crippen MR) is 127 cm³/mol. The molecule has 0 radical (unpaired) electrons. The van der Waals surface area contributed by atoms with Gasteiger partial charge < -0.3 is 14.8 Å². The van der Waals surface area contributed by atoms with Crippen LogP contribution in [-0.2, 0) is 0 Å². The molecule has 0 bridgehead atoms. The van der Waals surface area contributed by atoms with Crippen molar-refractivity contribution < 1.29 is 4.39 Å². The van der Waals surface area contributed by atoms with Gasteiger partial charge >= 0.3 is 0 Å². The minimum Gasteiger partial charge on any atom is -0.351 e. The first-order chi connectivity index (χ1) is 15.5. The third kappa shape index (κ3) is 3.44. The van der Waals surface area contributed by atoms with Gasteiger partial charge in [0.1, 0.15) is 5.82 Å². The van der Waals surface area contributed by atoms with E-state index in [4.69, 9.17) is 12.2 Å². The lowest BCUT2D eigenvalue weighted by Crippen LogP contribution is -2.29. The average Bonchev–Trinajstić information content (AvgIpc) is 3.31. The van der Waals surface area contributed by atoms with Crippen molar-refractivity contribution in [3.63, 3.8) is 0 Å². The summed E-state index contributed by atoms with van der Waals surface area (Å²) in [4.78, 5) is 10.9. The van der Waals surface area contributed by atoms with Crippen LogP contribution in [0.2, 0.25) is 0 Å². The second-order valence-corrected chi connectivity index (χ2v) is 8.23. The third-order valence-corrected chi connectivity index (χ3v) is 6.21. The molecule has 0 aliphatic carbocycles. The Hall–Kier alpha value is -3.58. The van der Waals surface area contributed by atoms with Crippen LogP contribution >= 0.6 is 12.2 Å². The molecule has 1 N–H and O–H groups in total. The Kier molecular flexibility index (Phi) is 5.19. The fourth-order valence-electron chi connectivity index (χ4n) is 4.52. The third-order valence-electron chi connectivity index (χ3n) is 5.90. The monoisotopic (exact) mass is 443 g/mol. The fourth-order valence-corrected chi connectivity index (χ4v) is 4.87. The number of aryl methyl sites for hydroxylation is 1. The van der Waals surface area contributed by atoms with Gasteiger partial charge in [-0.25, -0.2) is 4.39 Å². The molecule has 1 aliphatic rings. The highest BCUT2D eigenvalue weighted by molar-refractivity contribution is 7.80. The summed E-state index contributed by atoms with van der Waals surface area (Å²) in [6, 6.07) is 18.2. The first-order valence-electron chi connectivity index (χ1n) is 10.4. The summed E-state index contributed by atoms with van der Waals surface area (Å²) >= 11 is 5.76. The summed E-state index contributed by atoms with van der Waals surface area (Å²) in [6.45, 7) is 4.19. The maximum atomic E-state index is 13.7. The summed E-state index contributed by atoms with van der Waals surface area (Å²) < 4.78 is 15.9. The van der Waals surface area contributed by atoms with E-state index in [0.717, 1.165) is 34.0 Å². The van der Waals surface area contributed by atoms with Crippen molar-refractivity contribution in [2.45, 2.75) is 25.9 Å². The second kappa shape index (κ2) is 8.16. The quantitative estimate of drug-likeness (QED) is 0.439. The van der Waals surface area contributed by atoms with Crippen LogP contribution in [0, 0.1) is 19.7 Å². The molecule has 1 aliphatic heterocycles. The predicted octanol–water partition coefficient (Wildman–Crippen LogP) is 5.20. The van der Waals surface area contributed by atoms with Gasteiger partial charge in [-0.2, -0.15) is 0 Å². The van der Waals surface area contributed by atoms with Crippen molar-refractivity contribution in [2.24, 2.45) is 0 Å². The fraction of sp³-hybridized carbons (Fsp3) is 0.160. The van der Waals surface area contributed by atoms with E-state index >= 15 is 0 Å². The number of benzene rings is 1. The Labute approximate surface area is 191 Å². The van der Waals surface area contributed by atoms with Gasteiger partial charge in [0, 0.05) is 29.5 Å². The number of pyridine rings is 2. The Morgan fingerprint density at radius 3 is 2.47 bits per heavy atom. The molecule has 1 fully saturated rings. The molecule has 32 heavy (non-hydrogen) atoms. The van der Waals surface area contributed by atoms with Crippen molar-refractivity contribution in [3.05, 3.63) is 108 Å². The molecule has 0 spiro atoms. The average molecular weight is 444 g/mol. The lowest BCUT2D eigenvalue weighted by molar-refractivity contribution is 0.565. The minimum atomic E-state index is -0.278. The van der Waals surface area contributed by atoms with Crippen molar-refractivity contribution in [1.29, 1.82) is 0 Å². The van der Waals surface area contributed by atoms with Crippen molar-refractivity contribution in [3.8, 4) is 5.69 Å². The van der Waals surface area contributed by atoms with Crippen molar-refractivity contribution in [2.75, 3.05) is 4.90 Å². The summed E-state index contributed by atoms with van der Waals surface area (Å²) in [6.07, 6.45) is 5.41. The van der Waals surface area contributed by atoms with Crippen LogP contribution in [0.15, 0.2) is 79.3 Å². The molecule has 1 aromatic carbocycles. The summed E-state index contributed by atoms with van der Waals surface area (Å²) in [5.74, 6) is -0.278. The van der Waals surface area contributed by atoms with Gasteiger partial charge in [-0.15, -0.1) is 0 Å².